The SMILES string of the molecule is Cc1ccc(Nc2nc(-c3ccc([N+](=O)[O-])cc3)cs2)c(C)c1.[Br-]. The Labute approximate surface area is 154 Å². The summed E-state index contributed by atoms with van der Waals surface area (Å²) < 4.78 is 0. The van der Waals surface area contributed by atoms with E-state index in [2.05, 4.69) is 36.3 Å². The quantitative estimate of drug-likeness (QED) is 0.533. The molecule has 0 atom stereocenters. The summed E-state index contributed by atoms with van der Waals surface area (Å²) in [6, 6.07) is 12.6. The van der Waals surface area contributed by atoms with Crippen LogP contribution in [0.2, 0.25) is 0 Å². The van der Waals surface area contributed by atoms with E-state index >= 15 is 0 Å². The van der Waals surface area contributed by atoms with E-state index in [9.17, 15) is 10.1 Å². The molecule has 1 N–H and O–H groups in total. The van der Waals surface area contributed by atoms with Gasteiger partial charge in [0.05, 0.1) is 10.6 Å². The molecule has 0 saturated heterocycles. The van der Waals surface area contributed by atoms with Crippen LogP contribution in [0, 0.1) is 24.0 Å². The molecule has 0 saturated carbocycles. The molecule has 0 spiro atoms. The summed E-state index contributed by atoms with van der Waals surface area (Å²) >= 11 is 1.51. The second-order valence-corrected chi connectivity index (χ2v) is 6.14. The topological polar surface area (TPSA) is 68.1 Å². The number of nitro benzene ring substituents is 1. The fourth-order valence-electron chi connectivity index (χ4n) is 2.29. The Balaban J connectivity index is 0.00000208. The Kier molecular flexibility index (Phi) is 5.69. The van der Waals surface area contributed by atoms with Crippen molar-refractivity contribution in [2.45, 2.75) is 13.8 Å². The van der Waals surface area contributed by atoms with Crippen molar-refractivity contribution >= 4 is 27.8 Å². The van der Waals surface area contributed by atoms with Gasteiger partial charge in [-0.15, -0.1) is 11.3 Å². The molecule has 7 heteroatoms. The summed E-state index contributed by atoms with van der Waals surface area (Å²) in [7, 11) is 0. The molecule has 124 valence electrons. The maximum atomic E-state index is 10.7. The second kappa shape index (κ2) is 7.55. The van der Waals surface area contributed by atoms with Crippen molar-refractivity contribution in [1.82, 2.24) is 4.98 Å². The lowest BCUT2D eigenvalue weighted by Gasteiger charge is -2.07. The molecule has 1 heterocycles. The van der Waals surface area contributed by atoms with E-state index in [1.54, 1.807) is 12.1 Å². The third-order valence-corrected chi connectivity index (χ3v) is 4.26. The highest BCUT2D eigenvalue weighted by Crippen LogP contribution is 2.29. The van der Waals surface area contributed by atoms with Gasteiger partial charge in [0.1, 0.15) is 0 Å². The van der Waals surface area contributed by atoms with Gasteiger partial charge in [-0.2, -0.15) is 0 Å². The van der Waals surface area contributed by atoms with E-state index in [0.717, 1.165) is 27.6 Å². The third-order valence-electron chi connectivity index (χ3n) is 3.50. The summed E-state index contributed by atoms with van der Waals surface area (Å²) in [6.45, 7) is 4.12. The van der Waals surface area contributed by atoms with Gasteiger partial charge in [-0.25, -0.2) is 4.98 Å². The van der Waals surface area contributed by atoms with Crippen LogP contribution >= 0.6 is 11.3 Å². The zero-order valence-electron chi connectivity index (χ0n) is 13.1. The first-order valence-electron chi connectivity index (χ1n) is 7.07. The highest BCUT2D eigenvalue weighted by Gasteiger charge is 2.09. The van der Waals surface area contributed by atoms with Gasteiger partial charge in [-0.1, -0.05) is 17.7 Å². The van der Waals surface area contributed by atoms with Crippen LogP contribution in [0.25, 0.3) is 11.3 Å². The van der Waals surface area contributed by atoms with E-state index in [-0.39, 0.29) is 22.7 Å². The highest BCUT2D eigenvalue weighted by atomic mass is 79.9. The van der Waals surface area contributed by atoms with Crippen LogP contribution in [0.4, 0.5) is 16.5 Å². The van der Waals surface area contributed by atoms with Gasteiger partial charge < -0.3 is 22.3 Å². The zero-order chi connectivity index (χ0) is 16.4. The molecule has 0 bridgehead atoms. The summed E-state index contributed by atoms with van der Waals surface area (Å²) in [5.74, 6) is 0. The van der Waals surface area contributed by atoms with E-state index in [1.807, 2.05) is 11.4 Å². The van der Waals surface area contributed by atoms with Gasteiger partial charge in [-0.05, 0) is 37.6 Å². The molecular weight excluding hydrogens is 390 g/mol. The molecular formula is C17H15BrN3O2S-. The first-order chi connectivity index (χ1) is 11.0. The minimum atomic E-state index is -0.405. The summed E-state index contributed by atoms with van der Waals surface area (Å²) in [5.41, 5.74) is 5.16. The lowest BCUT2D eigenvalue weighted by Crippen LogP contribution is -3.00. The van der Waals surface area contributed by atoms with Crippen LogP contribution < -0.4 is 22.3 Å². The van der Waals surface area contributed by atoms with E-state index in [4.69, 9.17) is 0 Å². The first-order valence-corrected chi connectivity index (χ1v) is 7.95. The first kappa shape index (κ1) is 18.1. The Morgan fingerprint density at radius 2 is 1.83 bits per heavy atom. The van der Waals surface area contributed by atoms with Gasteiger partial charge in [0.25, 0.3) is 5.69 Å². The Morgan fingerprint density at radius 1 is 1.12 bits per heavy atom. The molecule has 0 fully saturated rings. The minimum Gasteiger partial charge on any atom is -1.00 e. The largest absolute Gasteiger partial charge is 1.00 e. The average molecular weight is 405 g/mol. The van der Waals surface area contributed by atoms with Gasteiger partial charge in [0.15, 0.2) is 5.13 Å². The molecule has 0 amide bonds. The van der Waals surface area contributed by atoms with Crippen molar-refractivity contribution in [1.29, 1.82) is 0 Å². The minimum absolute atomic E-state index is 0. The molecule has 3 aromatic rings. The number of thiazole rings is 1. The van der Waals surface area contributed by atoms with Crippen molar-refractivity contribution in [3.63, 3.8) is 0 Å². The fraction of sp³-hybridized carbons (Fsp3) is 0.118. The van der Waals surface area contributed by atoms with Crippen LogP contribution in [0.1, 0.15) is 11.1 Å². The fourth-order valence-corrected chi connectivity index (χ4v) is 3.02. The van der Waals surface area contributed by atoms with Crippen LogP contribution in [0.5, 0.6) is 0 Å². The molecule has 0 aliphatic carbocycles. The molecule has 2 aromatic carbocycles. The number of rotatable bonds is 4. The Hall–Kier alpha value is -2.25. The summed E-state index contributed by atoms with van der Waals surface area (Å²) in [5, 5.41) is 16.7. The number of benzene rings is 2. The van der Waals surface area contributed by atoms with Crippen molar-refractivity contribution < 1.29 is 21.9 Å². The zero-order valence-corrected chi connectivity index (χ0v) is 15.5. The maximum absolute atomic E-state index is 10.7. The normalized spacial score (nSPS) is 10.1. The van der Waals surface area contributed by atoms with Gasteiger partial charge in [0.2, 0.25) is 0 Å². The summed E-state index contributed by atoms with van der Waals surface area (Å²) in [4.78, 5) is 14.8. The number of aromatic nitrogens is 1. The lowest BCUT2D eigenvalue weighted by atomic mass is 10.1. The van der Waals surface area contributed by atoms with Crippen LogP contribution in [-0.2, 0) is 0 Å². The average Bonchev–Trinajstić information content (AvgIpc) is 2.99. The summed E-state index contributed by atoms with van der Waals surface area (Å²) in [6.07, 6.45) is 0. The van der Waals surface area contributed by atoms with Gasteiger partial charge in [0, 0.05) is 28.8 Å². The molecule has 3 rings (SSSR count). The number of hydrogen-bond acceptors (Lipinski definition) is 5. The predicted molar refractivity (Wildman–Crippen MR) is 93.4 cm³/mol. The molecule has 0 radical (unpaired) electrons. The van der Waals surface area contributed by atoms with Crippen LogP contribution in [-0.4, -0.2) is 9.91 Å². The predicted octanol–water partition coefficient (Wildman–Crippen LogP) is 2.08. The number of nitrogens with one attached hydrogen (secondary N) is 1. The lowest BCUT2D eigenvalue weighted by molar-refractivity contribution is -0.384. The molecule has 5 nitrogen and oxygen atoms in total. The van der Waals surface area contributed by atoms with Crippen LogP contribution in [0.3, 0.4) is 0 Å². The molecule has 1 aromatic heterocycles. The number of non-ortho nitro benzene ring substituents is 1. The number of hydrogen-bond donors (Lipinski definition) is 1. The van der Waals surface area contributed by atoms with E-state index in [1.165, 1.54) is 29.0 Å². The molecule has 24 heavy (non-hydrogen) atoms. The van der Waals surface area contributed by atoms with Crippen molar-refractivity contribution in [3.8, 4) is 11.3 Å². The molecule has 0 aliphatic rings. The van der Waals surface area contributed by atoms with E-state index in [0.29, 0.717) is 0 Å². The Morgan fingerprint density at radius 3 is 2.46 bits per heavy atom. The number of nitrogens with zero attached hydrogens (tertiary/aromatic N) is 2. The number of halogens is 1. The second-order valence-electron chi connectivity index (χ2n) is 5.29. The van der Waals surface area contributed by atoms with Crippen molar-refractivity contribution in [3.05, 3.63) is 69.1 Å². The van der Waals surface area contributed by atoms with Gasteiger partial charge in [-0.3, -0.25) is 10.1 Å². The monoisotopic (exact) mass is 404 g/mol. The van der Waals surface area contributed by atoms with E-state index < -0.39 is 4.92 Å². The molecule has 0 unspecified atom stereocenters. The third kappa shape index (κ3) is 3.98. The standard InChI is InChI=1S/C17H15N3O2S.BrH/c1-11-3-8-15(12(2)9-11)18-17-19-16(10-23-17)13-4-6-14(7-5-13)20(21)22;/h3-10H,1-2H3,(H,18,19);1H/p-1. The highest BCUT2D eigenvalue weighted by molar-refractivity contribution is 7.14. The number of aryl methyl sites for hydroxylation is 2. The van der Waals surface area contributed by atoms with Crippen LogP contribution in [0.15, 0.2) is 47.8 Å². The Bertz CT molecular complexity index is 863. The number of anilines is 2. The van der Waals surface area contributed by atoms with Gasteiger partial charge >= 0.3 is 0 Å². The maximum Gasteiger partial charge on any atom is 0.269 e. The number of nitro groups is 1. The smallest absolute Gasteiger partial charge is 0.269 e. The molecule has 0 aliphatic heterocycles. The van der Waals surface area contributed by atoms with Crippen molar-refractivity contribution in [2.75, 3.05) is 5.32 Å². The van der Waals surface area contributed by atoms with Crippen molar-refractivity contribution in [2.24, 2.45) is 0 Å².